The van der Waals surface area contributed by atoms with Crippen molar-refractivity contribution in [3.05, 3.63) is 12.2 Å². The first-order chi connectivity index (χ1) is 8.25. The molecule has 5 nitrogen and oxygen atoms in total. The van der Waals surface area contributed by atoms with E-state index in [1.54, 1.807) is 0 Å². The van der Waals surface area contributed by atoms with Crippen molar-refractivity contribution in [1.82, 2.24) is 20.4 Å². The van der Waals surface area contributed by atoms with Gasteiger partial charge in [-0.25, -0.2) is 0 Å². The third-order valence-electron chi connectivity index (χ3n) is 3.45. The second-order valence-electron chi connectivity index (χ2n) is 4.96. The largest absolute Gasteiger partial charge is 0.343 e. The van der Waals surface area contributed by atoms with Crippen molar-refractivity contribution in [3.63, 3.8) is 0 Å². The Morgan fingerprint density at radius 1 is 1.47 bits per heavy atom. The van der Waals surface area contributed by atoms with Crippen LogP contribution in [0, 0.1) is 0 Å². The molecule has 0 saturated carbocycles. The molecule has 1 aromatic heterocycles. The second kappa shape index (κ2) is 6.12. The maximum atomic E-state index is 4.70. The quantitative estimate of drug-likeness (QED) is 0.831. The van der Waals surface area contributed by atoms with Gasteiger partial charge in [0.05, 0.1) is 0 Å². The molecule has 1 saturated heterocycles. The van der Waals surface area contributed by atoms with E-state index >= 15 is 0 Å². The van der Waals surface area contributed by atoms with Gasteiger partial charge in [-0.05, 0) is 39.8 Å². The first-order valence-electron chi connectivity index (χ1n) is 6.48. The molecule has 2 heterocycles. The third kappa shape index (κ3) is 3.78. The number of hydrogen-bond acceptors (Lipinski definition) is 5. The van der Waals surface area contributed by atoms with Gasteiger partial charge in [0.1, 0.15) is 0 Å². The normalized spacial score (nSPS) is 19.0. The van der Waals surface area contributed by atoms with E-state index in [1.165, 1.54) is 32.3 Å². The first kappa shape index (κ1) is 12.5. The van der Waals surface area contributed by atoms with Crippen molar-refractivity contribution in [3.8, 4) is 0 Å². The molecule has 1 aliphatic rings. The van der Waals surface area contributed by atoms with Crippen molar-refractivity contribution in [2.75, 3.05) is 19.6 Å². The van der Waals surface area contributed by atoms with Crippen LogP contribution in [0.15, 0.2) is 10.9 Å². The van der Waals surface area contributed by atoms with E-state index in [9.17, 15) is 0 Å². The monoisotopic (exact) mass is 238 g/mol. The number of nitrogens with zero attached hydrogens (tertiary/aromatic N) is 3. The summed E-state index contributed by atoms with van der Waals surface area (Å²) in [6.07, 6.45) is 4.71. The van der Waals surface area contributed by atoms with Crippen LogP contribution in [-0.4, -0.2) is 46.8 Å². The Morgan fingerprint density at radius 2 is 2.24 bits per heavy atom. The topological polar surface area (TPSA) is 54.2 Å². The van der Waals surface area contributed by atoms with Crippen LogP contribution in [0.2, 0.25) is 0 Å². The molecule has 17 heavy (non-hydrogen) atoms. The molecule has 1 N–H and O–H groups in total. The molecule has 1 aliphatic heterocycles. The molecule has 96 valence electrons. The smallest absolute Gasteiger partial charge is 0.213 e. The zero-order valence-electron chi connectivity index (χ0n) is 10.7. The van der Waals surface area contributed by atoms with Gasteiger partial charge in [0.2, 0.25) is 6.39 Å². The summed E-state index contributed by atoms with van der Waals surface area (Å²) in [5.41, 5.74) is 0. The standard InChI is InChI=1S/C12H22N4O/c1-10(2)16-7-4-11(5-8-16)13-6-3-12-14-9-17-15-12/h9-11,13H,3-8H2,1-2H3. The zero-order chi connectivity index (χ0) is 12.1. The zero-order valence-corrected chi connectivity index (χ0v) is 10.7. The molecule has 2 rings (SSSR count). The Kier molecular flexibility index (Phi) is 4.50. The lowest BCUT2D eigenvalue weighted by molar-refractivity contribution is 0.161. The van der Waals surface area contributed by atoms with Gasteiger partial charge in [0.25, 0.3) is 0 Å². The average molecular weight is 238 g/mol. The van der Waals surface area contributed by atoms with E-state index in [1.807, 2.05) is 0 Å². The molecule has 0 amide bonds. The summed E-state index contributed by atoms with van der Waals surface area (Å²) in [5, 5.41) is 7.37. The van der Waals surface area contributed by atoms with Crippen molar-refractivity contribution in [1.29, 1.82) is 0 Å². The number of likely N-dealkylation sites (tertiary alicyclic amines) is 1. The van der Waals surface area contributed by atoms with Gasteiger partial charge >= 0.3 is 0 Å². The van der Waals surface area contributed by atoms with Gasteiger partial charge in [-0.1, -0.05) is 5.16 Å². The molecular weight excluding hydrogens is 216 g/mol. The van der Waals surface area contributed by atoms with Gasteiger partial charge < -0.3 is 14.7 Å². The number of piperidine rings is 1. The predicted molar refractivity (Wildman–Crippen MR) is 65.7 cm³/mol. The molecule has 0 aromatic carbocycles. The van der Waals surface area contributed by atoms with Crippen molar-refractivity contribution < 1.29 is 4.52 Å². The van der Waals surface area contributed by atoms with Crippen LogP contribution in [-0.2, 0) is 6.42 Å². The highest BCUT2D eigenvalue weighted by Crippen LogP contribution is 2.12. The van der Waals surface area contributed by atoms with Gasteiger partial charge in [-0.3, -0.25) is 0 Å². The van der Waals surface area contributed by atoms with E-state index in [2.05, 4.69) is 34.2 Å². The predicted octanol–water partition coefficient (Wildman–Crippen LogP) is 1.07. The molecular formula is C12H22N4O. The highest BCUT2D eigenvalue weighted by atomic mass is 16.5. The fourth-order valence-corrected chi connectivity index (χ4v) is 2.31. The molecule has 0 unspecified atom stereocenters. The lowest BCUT2D eigenvalue weighted by Crippen LogP contribution is -2.45. The van der Waals surface area contributed by atoms with Crippen LogP contribution in [0.25, 0.3) is 0 Å². The summed E-state index contributed by atoms with van der Waals surface area (Å²) >= 11 is 0. The fourth-order valence-electron chi connectivity index (χ4n) is 2.31. The van der Waals surface area contributed by atoms with Crippen LogP contribution in [0.4, 0.5) is 0 Å². The fraction of sp³-hybridized carbons (Fsp3) is 0.833. The van der Waals surface area contributed by atoms with Gasteiger partial charge in [0.15, 0.2) is 5.82 Å². The van der Waals surface area contributed by atoms with Crippen LogP contribution >= 0.6 is 0 Å². The Labute approximate surface area is 103 Å². The summed E-state index contributed by atoms with van der Waals surface area (Å²) in [7, 11) is 0. The van der Waals surface area contributed by atoms with Crippen molar-refractivity contribution in [2.24, 2.45) is 0 Å². The summed E-state index contributed by atoms with van der Waals surface area (Å²) < 4.78 is 4.70. The highest BCUT2D eigenvalue weighted by molar-refractivity contribution is 4.82. The van der Waals surface area contributed by atoms with Crippen molar-refractivity contribution in [2.45, 2.75) is 45.2 Å². The lowest BCUT2D eigenvalue weighted by Gasteiger charge is -2.34. The molecule has 5 heteroatoms. The number of hydrogen-bond donors (Lipinski definition) is 1. The van der Waals surface area contributed by atoms with Gasteiger partial charge in [-0.2, -0.15) is 4.98 Å². The second-order valence-corrected chi connectivity index (χ2v) is 4.96. The average Bonchev–Trinajstić information content (AvgIpc) is 2.83. The molecule has 0 spiro atoms. The summed E-state index contributed by atoms with van der Waals surface area (Å²) in [6, 6.07) is 1.33. The molecule has 1 aromatic rings. The minimum absolute atomic E-state index is 0.650. The summed E-state index contributed by atoms with van der Waals surface area (Å²) in [5.74, 6) is 0.789. The van der Waals surface area contributed by atoms with Crippen LogP contribution < -0.4 is 5.32 Å². The number of rotatable bonds is 5. The van der Waals surface area contributed by atoms with E-state index in [0.717, 1.165) is 18.8 Å². The number of nitrogens with one attached hydrogen (secondary N) is 1. The SMILES string of the molecule is CC(C)N1CCC(NCCc2ncon2)CC1. The Hall–Kier alpha value is -0.940. The van der Waals surface area contributed by atoms with Gasteiger partial charge in [0, 0.05) is 25.0 Å². The number of aromatic nitrogens is 2. The minimum atomic E-state index is 0.650. The van der Waals surface area contributed by atoms with Crippen molar-refractivity contribution >= 4 is 0 Å². The highest BCUT2D eigenvalue weighted by Gasteiger charge is 2.20. The maximum absolute atomic E-state index is 4.70. The van der Waals surface area contributed by atoms with E-state index in [4.69, 9.17) is 4.52 Å². The Bertz CT molecular complexity index is 304. The van der Waals surface area contributed by atoms with Crippen LogP contribution in [0.3, 0.4) is 0 Å². The lowest BCUT2D eigenvalue weighted by atomic mass is 10.0. The molecule has 0 aliphatic carbocycles. The third-order valence-corrected chi connectivity index (χ3v) is 3.45. The van der Waals surface area contributed by atoms with E-state index in [0.29, 0.717) is 12.1 Å². The van der Waals surface area contributed by atoms with E-state index < -0.39 is 0 Å². The molecule has 0 atom stereocenters. The first-order valence-corrected chi connectivity index (χ1v) is 6.48. The molecule has 1 fully saturated rings. The molecule has 0 bridgehead atoms. The summed E-state index contributed by atoms with van der Waals surface area (Å²) in [6.45, 7) is 7.88. The Balaban J connectivity index is 1.62. The van der Waals surface area contributed by atoms with Crippen LogP contribution in [0.1, 0.15) is 32.5 Å². The Morgan fingerprint density at radius 3 is 2.82 bits per heavy atom. The van der Waals surface area contributed by atoms with Crippen LogP contribution in [0.5, 0.6) is 0 Å². The molecule has 0 radical (unpaired) electrons. The van der Waals surface area contributed by atoms with E-state index in [-0.39, 0.29) is 0 Å². The van der Waals surface area contributed by atoms with Gasteiger partial charge in [-0.15, -0.1) is 0 Å². The summed E-state index contributed by atoms with van der Waals surface area (Å²) in [4.78, 5) is 6.55. The maximum Gasteiger partial charge on any atom is 0.213 e. The minimum Gasteiger partial charge on any atom is -0.343 e.